The number of aromatic hydroxyl groups is 1. The van der Waals surface area contributed by atoms with Crippen molar-refractivity contribution < 1.29 is 28.7 Å². The Bertz CT molecular complexity index is 1410. The molecule has 6 atom stereocenters. The summed E-state index contributed by atoms with van der Waals surface area (Å²) in [5, 5.41) is 12.5. The average Bonchev–Trinajstić information content (AvgIpc) is 3.23. The Kier molecular flexibility index (Phi) is 4.92. The van der Waals surface area contributed by atoms with Crippen molar-refractivity contribution in [3.63, 3.8) is 0 Å². The minimum Gasteiger partial charge on any atom is -0.508 e. The molecular weight excluding hydrogens is 487 g/mol. The van der Waals surface area contributed by atoms with E-state index in [4.69, 9.17) is 11.6 Å². The molecule has 6 unspecified atom stereocenters. The van der Waals surface area contributed by atoms with E-state index in [1.165, 1.54) is 18.2 Å². The first kappa shape index (κ1) is 22.9. The first-order valence-electron chi connectivity index (χ1n) is 11.8. The third-order valence-electron chi connectivity index (χ3n) is 8.48. The number of benzene rings is 2. The molecule has 0 aromatic heterocycles. The maximum absolute atomic E-state index is 14.1. The van der Waals surface area contributed by atoms with Crippen LogP contribution in [-0.2, 0) is 19.2 Å². The fourth-order valence-corrected chi connectivity index (χ4v) is 7.06. The van der Waals surface area contributed by atoms with Crippen molar-refractivity contribution in [1.29, 1.82) is 0 Å². The number of hydrogen-bond acceptors (Lipinski definition) is 5. The molecule has 1 saturated carbocycles. The van der Waals surface area contributed by atoms with Gasteiger partial charge in [0.1, 0.15) is 11.6 Å². The number of imide groups is 2. The summed E-state index contributed by atoms with van der Waals surface area (Å²) in [5.74, 6) is -5.23. The summed E-state index contributed by atoms with van der Waals surface area (Å²) in [6.45, 7) is 1.74. The number of allylic oxidation sites excluding steroid dienone is 2. The van der Waals surface area contributed by atoms with E-state index in [-0.39, 0.29) is 34.7 Å². The molecule has 0 spiro atoms. The van der Waals surface area contributed by atoms with Crippen LogP contribution < -0.4 is 10.2 Å². The van der Waals surface area contributed by atoms with Gasteiger partial charge in [-0.25, -0.2) is 9.29 Å². The van der Waals surface area contributed by atoms with Crippen molar-refractivity contribution in [2.75, 3.05) is 4.90 Å². The number of anilines is 1. The summed E-state index contributed by atoms with van der Waals surface area (Å²) in [6.07, 6.45) is 2.49. The molecule has 0 radical (unpaired) electrons. The molecule has 2 aliphatic carbocycles. The minimum atomic E-state index is -1.24. The lowest BCUT2D eigenvalue weighted by molar-refractivity contribution is -0.131. The average molecular weight is 509 g/mol. The summed E-state index contributed by atoms with van der Waals surface area (Å²) in [6, 6.07) is 10.2. The van der Waals surface area contributed by atoms with Gasteiger partial charge in [-0.3, -0.25) is 24.5 Å². The Labute approximate surface area is 210 Å². The smallest absolute Gasteiger partial charge is 0.241 e. The van der Waals surface area contributed by atoms with Crippen LogP contribution in [0.1, 0.15) is 31.2 Å². The Hall–Kier alpha value is -3.52. The van der Waals surface area contributed by atoms with Crippen molar-refractivity contribution >= 4 is 40.9 Å². The van der Waals surface area contributed by atoms with E-state index in [1.807, 2.05) is 6.08 Å². The second-order valence-corrected chi connectivity index (χ2v) is 10.6. The number of carbonyl (C=O) groups is 4. The number of carbonyl (C=O) groups excluding carboxylic acids is 4. The van der Waals surface area contributed by atoms with Gasteiger partial charge in [-0.05, 0) is 61.6 Å². The Morgan fingerprint density at radius 3 is 2.58 bits per heavy atom. The fraction of sp³-hybridized carbons (Fsp3) is 0.333. The van der Waals surface area contributed by atoms with Gasteiger partial charge in [-0.2, -0.15) is 0 Å². The molecule has 2 aromatic carbocycles. The summed E-state index contributed by atoms with van der Waals surface area (Å²) >= 11 is 5.97. The molecule has 2 aromatic rings. The van der Waals surface area contributed by atoms with E-state index in [0.717, 1.165) is 16.5 Å². The van der Waals surface area contributed by atoms with Crippen molar-refractivity contribution in [3.05, 3.63) is 70.5 Å². The van der Waals surface area contributed by atoms with Crippen LogP contribution in [-0.4, -0.2) is 28.7 Å². The van der Waals surface area contributed by atoms with Crippen LogP contribution in [0.4, 0.5) is 10.1 Å². The molecule has 4 amide bonds. The number of nitrogens with zero attached hydrogens (tertiary/aromatic N) is 1. The normalized spacial score (nSPS) is 33.1. The zero-order chi connectivity index (χ0) is 25.5. The first-order chi connectivity index (χ1) is 17.1. The standard InChI is InChI=1S/C27H22ClFN2O5/c1-27-18(25(35)31(26(27)36)13-5-8-20(29)19(28)10-13)11-17-15(22(27)12-3-2-4-14(32)9-12)6-7-16-21(17)24(34)30-23(16)33/h2-6,8-10,16-18,21-22,32H,7,11H2,1H3,(H,30,33,34). The van der Waals surface area contributed by atoms with E-state index in [9.17, 15) is 28.7 Å². The molecular formula is C27H22ClFN2O5. The first-order valence-corrected chi connectivity index (χ1v) is 12.2. The Morgan fingerprint density at radius 1 is 1.08 bits per heavy atom. The van der Waals surface area contributed by atoms with E-state index >= 15 is 0 Å². The van der Waals surface area contributed by atoms with Crippen LogP contribution in [0.3, 0.4) is 0 Å². The van der Waals surface area contributed by atoms with E-state index in [1.54, 1.807) is 25.1 Å². The van der Waals surface area contributed by atoms with Crippen LogP contribution in [0.25, 0.3) is 0 Å². The maximum Gasteiger partial charge on any atom is 0.241 e. The van der Waals surface area contributed by atoms with E-state index in [2.05, 4.69) is 5.32 Å². The molecule has 2 N–H and O–H groups in total. The molecule has 36 heavy (non-hydrogen) atoms. The SMILES string of the molecule is CC12C(=O)N(c3ccc(F)c(Cl)c3)C(=O)C1CC1C(=CCC3C(=O)NC(=O)C31)C2c1cccc(O)c1. The van der Waals surface area contributed by atoms with Gasteiger partial charge in [0.15, 0.2) is 0 Å². The maximum atomic E-state index is 14.1. The summed E-state index contributed by atoms with van der Waals surface area (Å²) < 4.78 is 13.8. The lowest BCUT2D eigenvalue weighted by Gasteiger charge is -2.49. The summed E-state index contributed by atoms with van der Waals surface area (Å²) in [7, 11) is 0. The predicted octanol–water partition coefficient (Wildman–Crippen LogP) is 3.70. The lowest BCUT2D eigenvalue weighted by Crippen LogP contribution is -2.48. The number of fused-ring (bicyclic) bond motifs is 4. The van der Waals surface area contributed by atoms with Gasteiger partial charge in [0.05, 0.1) is 33.9 Å². The van der Waals surface area contributed by atoms with E-state index < -0.39 is 52.6 Å². The lowest BCUT2D eigenvalue weighted by atomic mass is 9.51. The predicted molar refractivity (Wildman–Crippen MR) is 127 cm³/mol. The molecule has 7 nitrogen and oxygen atoms in total. The molecule has 3 fully saturated rings. The highest BCUT2D eigenvalue weighted by atomic mass is 35.5. The fourth-order valence-electron chi connectivity index (χ4n) is 6.88. The van der Waals surface area contributed by atoms with Gasteiger partial charge >= 0.3 is 0 Å². The minimum absolute atomic E-state index is 0.0109. The van der Waals surface area contributed by atoms with Crippen molar-refractivity contribution in [3.8, 4) is 5.75 Å². The molecule has 2 saturated heterocycles. The summed E-state index contributed by atoms with van der Waals surface area (Å²) in [5.41, 5.74) is 0.401. The number of phenols is 1. The number of hydrogen-bond donors (Lipinski definition) is 2. The highest BCUT2D eigenvalue weighted by molar-refractivity contribution is 6.31. The van der Waals surface area contributed by atoms with Crippen molar-refractivity contribution in [1.82, 2.24) is 5.32 Å². The van der Waals surface area contributed by atoms with E-state index in [0.29, 0.717) is 12.0 Å². The quantitative estimate of drug-likeness (QED) is 0.475. The van der Waals surface area contributed by atoms with Gasteiger partial charge in [-0.15, -0.1) is 0 Å². The molecule has 4 aliphatic rings. The van der Waals surface area contributed by atoms with Crippen LogP contribution in [0.15, 0.2) is 54.1 Å². The van der Waals surface area contributed by atoms with Gasteiger partial charge < -0.3 is 5.11 Å². The van der Waals surface area contributed by atoms with Crippen molar-refractivity contribution in [2.45, 2.75) is 25.7 Å². The zero-order valence-corrected chi connectivity index (χ0v) is 20.0. The molecule has 2 heterocycles. The van der Waals surface area contributed by atoms with Gasteiger partial charge in [0.25, 0.3) is 0 Å². The van der Waals surface area contributed by atoms with Gasteiger partial charge in [0, 0.05) is 5.92 Å². The second-order valence-electron chi connectivity index (χ2n) is 10.2. The zero-order valence-electron chi connectivity index (χ0n) is 19.2. The highest BCUT2D eigenvalue weighted by Crippen LogP contribution is 2.63. The summed E-state index contributed by atoms with van der Waals surface area (Å²) in [4.78, 5) is 54.3. The molecule has 9 heteroatoms. The largest absolute Gasteiger partial charge is 0.508 e. The molecule has 2 aliphatic heterocycles. The van der Waals surface area contributed by atoms with Gasteiger partial charge in [0.2, 0.25) is 23.6 Å². The van der Waals surface area contributed by atoms with Crippen LogP contribution in [0.5, 0.6) is 5.75 Å². The van der Waals surface area contributed by atoms with Crippen LogP contribution in [0.2, 0.25) is 5.02 Å². The van der Waals surface area contributed by atoms with Gasteiger partial charge in [-0.1, -0.05) is 35.4 Å². The number of halogens is 2. The number of phenolic OH excluding ortho intramolecular Hbond substituents is 1. The molecule has 6 rings (SSSR count). The monoisotopic (exact) mass is 508 g/mol. The highest BCUT2D eigenvalue weighted by Gasteiger charge is 2.67. The molecule has 0 bridgehead atoms. The number of nitrogens with one attached hydrogen (secondary N) is 1. The number of rotatable bonds is 2. The Balaban J connectivity index is 1.54. The number of amides is 4. The third kappa shape index (κ3) is 2.97. The van der Waals surface area contributed by atoms with Crippen molar-refractivity contribution in [2.24, 2.45) is 29.1 Å². The molecule has 184 valence electrons. The second kappa shape index (κ2) is 7.74. The Morgan fingerprint density at radius 2 is 1.86 bits per heavy atom. The third-order valence-corrected chi connectivity index (χ3v) is 8.77. The topological polar surface area (TPSA) is 104 Å². The van der Waals surface area contributed by atoms with Crippen LogP contribution >= 0.6 is 11.6 Å². The van der Waals surface area contributed by atoms with Crippen LogP contribution in [0, 0.1) is 34.9 Å².